The Kier molecular flexibility index (Phi) is 5.29. The molecule has 2 N–H and O–H groups in total. The lowest BCUT2D eigenvalue weighted by molar-refractivity contribution is -0.140. The van der Waals surface area contributed by atoms with Crippen molar-refractivity contribution in [3.05, 3.63) is 16.1 Å². The van der Waals surface area contributed by atoms with E-state index in [4.69, 9.17) is 0 Å². The number of alkyl halides is 3. The van der Waals surface area contributed by atoms with Gasteiger partial charge in [-0.15, -0.1) is 11.3 Å². The molecule has 1 aliphatic heterocycles. The molecule has 1 unspecified atom stereocenters. The Hall–Kier alpha value is -1.35. The SMILES string of the molecule is CN=C(NCc1nc(C(F)(F)F)cs1)NCC1CCN(C2CC2)C1. The monoisotopic (exact) mass is 361 g/mol. The number of halogens is 3. The van der Waals surface area contributed by atoms with Gasteiger partial charge in [-0.1, -0.05) is 0 Å². The van der Waals surface area contributed by atoms with E-state index in [0.29, 0.717) is 16.9 Å². The number of nitrogens with zero attached hydrogens (tertiary/aromatic N) is 3. The fourth-order valence-electron chi connectivity index (χ4n) is 2.94. The summed E-state index contributed by atoms with van der Waals surface area (Å²) in [6.07, 6.45) is -0.541. The molecule has 1 aromatic rings. The van der Waals surface area contributed by atoms with Crippen LogP contribution in [0.15, 0.2) is 10.4 Å². The lowest BCUT2D eigenvalue weighted by atomic mass is 10.1. The number of guanidine groups is 1. The second-order valence-electron chi connectivity index (χ2n) is 6.31. The molecule has 2 fully saturated rings. The average Bonchev–Trinajstić information content (AvgIpc) is 3.09. The summed E-state index contributed by atoms with van der Waals surface area (Å²) >= 11 is 1.000. The molecule has 24 heavy (non-hydrogen) atoms. The number of rotatable bonds is 5. The van der Waals surface area contributed by atoms with Crippen molar-refractivity contribution < 1.29 is 13.2 Å². The molecule has 0 bridgehead atoms. The number of thiazole rings is 1. The summed E-state index contributed by atoms with van der Waals surface area (Å²) in [6, 6.07) is 0.806. The second-order valence-corrected chi connectivity index (χ2v) is 7.25. The van der Waals surface area contributed by atoms with Crippen LogP contribution in [0.25, 0.3) is 0 Å². The van der Waals surface area contributed by atoms with Crippen molar-refractivity contribution in [2.45, 2.75) is 38.0 Å². The van der Waals surface area contributed by atoms with Gasteiger partial charge in [0.05, 0.1) is 6.54 Å². The Morgan fingerprint density at radius 1 is 1.38 bits per heavy atom. The predicted molar refractivity (Wildman–Crippen MR) is 88.0 cm³/mol. The summed E-state index contributed by atoms with van der Waals surface area (Å²) in [5, 5.41) is 7.73. The molecule has 1 saturated carbocycles. The van der Waals surface area contributed by atoms with E-state index in [2.05, 4.69) is 25.5 Å². The van der Waals surface area contributed by atoms with Crippen LogP contribution in [-0.4, -0.2) is 48.6 Å². The molecule has 134 valence electrons. The lowest BCUT2D eigenvalue weighted by Crippen LogP contribution is -2.40. The molecular weight excluding hydrogens is 339 g/mol. The molecule has 0 aromatic carbocycles. The first-order valence-electron chi connectivity index (χ1n) is 8.16. The van der Waals surface area contributed by atoms with Crippen molar-refractivity contribution >= 4 is 17.3 Å². The van der Waals surface area contributed by atoms with Crippen molar-refractivity contribution in [1.29, 1.82) is 0 Å². The molecule has 2 heterocycles. The number of aromatic nitrogens is 1. The Morgan fingerprint density at radius 3 is 2.79 bits per heavy atom. The first-order chi connectivity index (χ1) is 11.5. The highest BCUT2D eigenvalue weighted by Gasteiger charge is 2.34. The number of hydrogen-bond acceptors (Lipinski definition) is 4. The van der Waals surface area contributed by atoms with Gasteiger partial charge in [-0.3, -0.25) is 4.99 Å². The van der Waals surface area contributed by atoms with E-state index < -0.39 is 11.9 Å². The summed E-state index contributed by atoms with van der Waals surface area (Å²) in [5.74, 6) is 1.20. The zero-order chi connectivity index (χ0) is 17.2. The molecular formula is C15H22F3N5S. The molecule has 0 spiro atoms. The van der Waals surface area contributed by atoms with Crippen LogP contribution < -0.4 is 10.6 Å². The second kappa shape index (κ2) is 7.26. The molecule has 1 saturated heterocycles. The van der Waals surface area contributed by atoms with E-state index in [9.17, 15) is 13.2 Å². The third-order valence-electron chi connectivity index (χ3n) is 4.41. The van der Waals surface area contributed by atoms with Gasteiger partial charge >= 0.3 is 6.18 Å². The molecule has 5 nitrogen and oxygen atoms in total. The van der Waals surface area contributed by atoms with Gasteiger partial charge in [0.25, 0.3) is 0 Å². The Balaban J connectivity index is 1.41. The van der Waals surface area contributed by atoms with Crippen LogP contribution >= 0.6 is 11.3 Å². The fourth-order valence-corrected chi connectivity index (χ4v) is 3.68. The maximum Gasteiger partial charge on any atom is 0.434 e. The van der Waals surface area contributed by atoms with Gasteiger partial charge in [-0.05, 0) is 31.7 Å². The zero-order valence-corrected chi connectivity index (χ0v) is 14.4. The van der Waals surface area contributed by atoms with Gasteiger partial charge in [-0.25, -0.2) is 4.98 Å². The summed E-state index contributed by atoms with van der Waals surface area (Å²) in [4.78, 5) is 10.3. The molecule has 2 aliphatic rings. The smallest absolute Gasteiger partial charge is 0.356 e. The van der Waals surface area contributed by atoms with Crippen molar-refractivity contribution in [2.75, 3.05) is 26.7 Å². The maximum absolute atomic E-state index is 12.5. The average molecular weight is 361 g/mol. The number of hydrogen-bond donors (Lipinski definition) is 2. The minimum Gasteiger partial charge on any atom is -0.356 e. The number of nitrogens with one attached hydrogen (secondary N) is 2. The van der Waals surface area contributed by atoms with Gasteiger partial charge in [0, 0.05) is 31.6 Å². The van der Waals surface area contributed by atoms with E-state index in [1.165, 1.54) is 25.8 Å². The van der Waals surface area contributed by atoms with Crippen LogP contribution in [0.5, 0.6) is 0 Å². The highest BCUT2D eigenvalue weighted by molar-refractivity contribution is 7.09. The van der Waals surface area contributed by atoms with E-state index in [0.717, 1.165) is 35.8 Å². The van der Waals surface area contributed by atoms with Crippen LogP contribution in [0.2, 0.25) is 0 Å². The highest BCUT2D eigenvalue weighted by Crippen LogP contribution is 2.31. The third kappa shape index (κ3) is 4.60. The summed E-state index contributed by atoms with van der Waals surface area (Å²) in [5.41, 5.74) is -0.835. The van der Waals surface area contributed by atoms with Crippen LogP contribution in [0.3, 0.4) is 0 Å². The van der Waals surface area contributed by atoms with E-state index in [1.54, 1.807) is 7.05 Å². The maximum atomic E-state index is 12.5. The number of likely N-dealkylation sites (tertiary alicyclic amines) is 1. The van der Waals surface area contributed by atoms with Crippen molar-refractivity contribution in [3.8, 4) is 0 Å². The molecule has 3 rings (SSSR count). The third-order valence-corrected chi connectivity index (χ3v) is 5.26. The van der Waals surface area contributed by atoms with E-state index in [1.807, 2.05) is 0 Å². The largest absolute Gasteiger partial charge is 0.434 e. The molecule has 0 amide bonds. The minimum atomic E-state index is -4.38. The van der Waals surface area contributed by atoms with E-state index >= 15 is 0 Å². The highest BCUT2D eigenvalue weighted by atomic mass is 32.1. The van der Waals surface area contributed by atoms with Crippen LogP contribution in [-0.2, 0) is 12.7 Å². The van der Waals surface area contributed by atoms with Gasteiger partial charge in [0.2, 0.25) is 0 Å². The topological polar surface area (TPSA) is 52.6 Å². The minimum absolute atomic E-state index is 0.235. The first kappa shape index (κ1) is 17.5. The molecule has 9 heteroatoms. The zero-order valence-electron chi connectivity index (χ0n) is 13.6. The molecule has 1 aromatic heterocycles. The summed E-state index contributed by atoms with van der Waals surface area (Å²) in [7, 11) is 1.66. The lowest BCUT2D eigenvalue weighted by Gasteiger charge is -2.16. The quantitative estimate of drug-likeness (QED) is 0.624. The molecule has 1 aliphatic carbocycles. The predicted octanol–water partition coefficient (Wildman–Crippen LogP) is 2.31. The Bertz CT molecular complexity index is 582. The van der Waals surface area contributed by atoms with E-state index in [-0.39, 0.29) is 6.54 Å². The van der Waals surface area contributed by atoms with Crippen LogP contribution in [0.1, 0.15) is 30.0 Å². The standard InChI is InChI=1S/C15H22F3N5S/c1-19-14(20-6-10-4-5-23(8-10)11-2-3-11)21-7-13-22-12(9-24-13)15(16,17)18/h9-11H,2-8H2,1H3,(H2,19,20,21). The summed E-state index contributed by atoms with van der Waals surface area (Å²) < 4.78 is 37.6. The fraction of sp³-hybridized carbons (Fsp3) is 0.733. The van der Waals surface area contributed by atoms with Crippen molar-refractivity contribution in [1.82, 2.24) is 20.5 Å². The van der Waals surface area contributed by atoms with Gasteiger partial charge in [0.15, 0.2) is 11.7 Å². The first-order valence-corrected chi connectivity index (χ1v) is 9.04. The van der Waals surface area contributed by atoms with Gasteiger partial charge < -0.3 is 15.5 Å². The van der Waals surface area contributed by atoms with Gasteiger partial charge in [-0.2, -0.15) is 13.2 Å². The Morgan fingerprint density at radius 2 is 2.17 bits per heavy atom. The van der Waals surface area contributed by atoms with Crippen LogP contribution in [0, 0.1) is 5.92 Å². The van der Waals surface area contributed by atoms with Crippen molar-refractivity contribution in [2.24, 2.45) is 10.9 Å². The summed E-state index contributed by atoms with van der Waals surface area (Å²) in [6.45, 7) is 3.35. The number of aliphatic imine (C=N–C) groups is 1. The van der Waals surface area contributed by atoms with Gasteiger partial charge in [0.1, 0.15) is 5.01 Å². The van der Waals surface area contributed by atoms with Crippen LogP contribution in [0.4, 0.5) is 13.2 Å². The molecule has 0 radical (unpaired) electrons. The molecule has 1 atom stereocenters. The van der Waals surface area contributed by atoms with Crippen molar-refractivity contribution in [3.63, 3.8) is 0 Å². The normalized spacial score (nSPS) is 22.8. The Labute approximate surface area is 143 Å².